The molecule has 1 aliphatic carbocycles. The summed E-state index contributed by atoms with van der Waals surface area (Å²) in [7, 11) is -0.149. The van der Waals surface area contributed by atoms with E-state index < -0.39 is 13.1 Å². The number of methoxy groups -OCH3 is 1. The van der Waals surface area contributed by atoms with Crippen LogP contribution >= 0.6 is 0 Å². The van der Waals surface area contributed by atoms with Crippen LogP contribution in [0.1, 0.15) is 24.0 Å². The molecule has 8 heteroatoms. The molecule has 0 spiro atoms. The number of fused-ring (bicyclic) bond motifs is 5. The van der Waals surface area contributed by atoms with Crippen molar-refractivity contribution in [2.45, 2.75) is 25.7 Å². The Balaban J connectivity index is 1.89. The summed E-state index contributed by atoms with van der Waals surface area (Å²) in [6.07, 6.45) is 3.68. The van der Waals surface area contributed by atoms with Crippen molar-refractivity contribution in [2.24, 2.45) is 0 Å². The van der Waals surface area contributed by atoms with Crippen molar-refractivity contribution in [1.82, 2.24) is 15.2 Å². The normalized spacial score (nSPS) is 13.7. The number of hydrogen-bond acceptors (Lipinski definition) is 5. The van der Waals surface area contributed by atoms with E-state index >= 15 is 0 Å². The van der Waals surface area contributed by atoms with Crippen molar-refractivity contribution in [3.05, 3.63) is 47.4 Å². The summed E-state index contributed by atoms with van der Waals surface area (Å²) in [6.45, 7) is 0. The third-order valence-corrected chi connectivity index (χ3v) is 5.73. The summed E-state index contributed by atoms with van der Waals surface area (Å²) >= 11 is 0. The molecule has 0 radical (unpaired) electrons. The number of rotatable bonds is 3. The van der Waals surface area contributed by atoms with Crippen molar-refractivity contribution >= 4 is 34.4 Å². The second-order valence-electron chi connectivity index (χ2n) is 7.32. The monoisotopic (exact) mass is 391 g/mol. The lowest BCUT2D eigenvalue weighted by Gasteiger charge is -2.23. The van der Waals surface area contributed by atoms with E-state index in [1.165, 1.54) is 7.11 Å². The van der Waals surface area contributed by atoms with Crippen LogP contribution in [0, 0.1) is 5.95 Å². The highest BCUT2D eigenvalue weighted by atomic mass is 19.1. The molecule has 0 amide bonds. The predicted octanol–water partition coefficient (Wildman–Crippen LogP) is 2.48. The number of para-hydroxylation sites is 1. The van der Waals surface area contributed by atoms with E-state index in [-0.39, 0.29) is 5.46 Å². The third kappa shape index (κ3) is 2.71. The Labute approximate surface area is 166 Å². The van der Waals surface area contributed by atoms with Crippen LogP contribution in [0.15, 0.2) is 30.3 Å². The standard InChI is InChI=1S/C21H19BFN3O3/c1-29-20-13(7-4-8-14(20)22(27)28)19-12-6-3-2-5-11(12)17-15(24-19)9-10-16-18(17)21(23)26-25-16/h4,7-10,27-28H,2-3,5-6H2,1H3,(H,25,26). The van der Waals surface area contributed by atoms with Crippen molar-refractivity contribution in [1.29, 1.82) is 0 Å². The zero-order chi connectivity index (χ0) is 20.1. The molecule has 29 heavy (non-hydrogen) atoms. The van der Waals surface area contributed by atoms with Crippen molar-refractivity contribution < 1.29 is 19.2 Å². The number of nitrogens with one attached hydrogen (secondary N) is 1. The van der Waals surface area contributed by atoms with Crippen LogP contribution in [0.25, 0.3) is 33.1 Å². The molecule has 3 N–H and O–H groups in total. The first-order valence-corrected chi connectivity index (χ1v) is 9.61. The molecule has 0 unspecified atom stereocenters. The number of H-pyrrole nitrogens is 1. The van der Waals surface area contributed by atoms with E-state index in [1.54, 1.807) is 18.2 Å². The average Bonchev–Trinajstić information content (AvgIpc) is 3.13. The van der Waals surface area contributed by atoms with E-state index in [2.05, 4.69) is 10.2 Å². The predicted molar refractivity (Wildman–Crippen MR) is 110 cm³/mol. The molecule has 2 aromatic carbocycles. The maximum atomic E-state index is 14.5. The van der Waals surface area contributed by atoms with E-state index in [9.17, 15) is 14.4 Å². The number of aromatic nitrogens is 3. The smallest absolute Gasteiger partial charge is 0.492 e. The minimum Gasteiger partial charge on any atom is -0.496 e. The van der Waals surface area contributed by atoms with E-state index in [0.717, 1.165) is 47.9 Å². The molecular formula is C21H19BFN3O3. The Morgan fingerprint density at radius 3 is 2.55 bits per heavy atom. The van der Waals surface area contributed by atoms with Crippen LogP contribution in [-0.2, 0) is 12.8 Å². The van der Waals surface area contributed by atoms with Gasteiger partial charge in [-0.15, -0.1) is 0 Å². The number of benzene rings is 2. The fraction of sp³-hybridized carbons (Fsp3) is 0.238. The minimum absolute atomic E-state index is 0.285. The van der Waals surface area contributed by atoms with Crippen LogP contribution < -0.4 is 10.2 Å². The summed E-state index contributed by atoms with van der Waals surface area (Å²) in [5.41, 5.74) is 5.14. The maximum absolute atomic E-state index is 14.5. The van der Waals surface area contributed by atoms with Gasteiger partial charge in [-0.2, -0.15) is 9.49 Å². The lowest BCUT2D eigenvalue weighted by molar-refractivity contribution is 0.404. The van der Waals surface area contributed by atoms with Gasteiger partial charge in [0.15, 0.2) is 0 Å². The summed E-state index contributed by atoms with van der Waals surface area (Å²) in [5, 5.41) is 27.3. The molecule has 146 valence electrons. The van der Waals surface area contributed by atoms with Crippen LogP contribution in [0.5, 0.6) is 5.75 Å². The van der Waals surface area contributed by atoms with Crippen LogP contribution in [-0.4, -0.2) is 39.5 Å². The van der Waals surface area contributed by atoms with Crippen molar-refractivity contribution in [3.8, 4) is 17.0 Å². The number of aromatic amines is 1. The lowest BCUT2D eigenvalue weighted by Crippen LogP contribution is -2.31. The fourth-order valence-electron chi connectivity index (χ4n) is 4.49. The first kappa shape index (κ1) is 18.1. The zero-order valence-electron chi connectivity index (χ0n) is 15.9. The van der Waals surface area contributed by atoms with Gasteiger partial charge in [0, 0.05) is 16.4 Å². The van der Waals surface area contributed by atoms with Gasteiger partial charge in [0.05, 0.1) is 29.2 Å². The Morgan fingerprint density at radius 1 is 1.03 bits per heavy atom. The molecule has 0 saturated heterocycles. The van der Waals surface area contributed by atoms with Crippen LogP contribution in [0.2, 0.25) is 0 Å². The van der Waals surface area contributed by atoms with Gasteiger partial charge in [0.2, 0.25) is 5.95 Å². The number of aryl methyl sites for hydroxylation is 1. The first-order valence-electron chi connectivity index (χ1n) is 9.61. The molecule has 0 bridgehead atoms. The fourth-order valence-corrected chi connectivity index (χ4v) is 4.49. The molecule has 0 saturated carbocycles. The zero-order valence-corrected chi connectivity index (χ0v) is 15.9. The molecule has 2 aromatic heterocycles. The van der Waals surface area contributed by atoms with Gasteiger partial charge in [-0.05, 0) is 55.0 Å². The van der Waals surface area contributed by atoms with E-state index in [1.807, 2.05) is 12.1 Å². The summed E-state index contributed by atoms with van der Waals surface area (Å²) < 4.78 is 20.0. The number of ether oxygens (including phenoxy) is 1. The van der Waals surface area contributed by atoms with Gasteiger partial charge in [-0.3, -0.25) is 5.10 Å². The van der Waals surface area contributed by atoms with Gasteiger partial charge in [0.1, 0.15) is 5.75 Å². The Bertz CT molecular complexity index is 1260. The van der Waals surface area contributed by atoms with Gasteiger partial charge in [-0.1, -0.05) is 12.1 Å². The highest BCUT2D eigenvalue weighted by Gasteiger charge is 2.26. The molecule has 1 aliphatic rings. The van der Waals surface area contributed by atoms with Crippen molar-refractivity contribution in [3.63, 3.8) is 0 Å². The molecule has 0 atom stereocenters. The largest absolute Gasteiger partial charge is 0.496 e. The summed E-state index contributed by atoms with van der Waals surface area (Å²) in [6, 6.07) is 8.85. The van der Waals surface area contributed by atoms with Crippen LogP contribution in [0.4, 0.5) is 4.39 Å². The van der Waals surface area contributed by atoms with E-state index in [4.69, 9.17) is 9.72 Å². The average molecular weight is 391 g/mol. The molecule has 6 nitrogen and oxygen atoms in total. The first-order chi connectivity index (χ1) is 14.1. The Hall–Kier alpha value is -2.97. The molecular weight excluding hydrogens is 372 g/mol. The summed E-state index contributed by atoms with van der Waals surface area (Å²) in [5.74, 6) is -0.0615. The van der Waals surface area contributed by atoms with Gasteiger partial charge >= 0.3 is 7.12 Å². The second-order valence-corrected chi connectivity index (χ2v) is 7.32. The minimum atomic E-state index is -1.65. The SMILES string of the molecule is COc1c(B(O)O)cccc1-c1nc2ccc3n[nH]c(F)c3c2c2c1CCCC2. The van der Waals surface area contributed by atoms with Gasteiger partial charge < -0.3 is 14.8 Å². The maximum Gasteiger partial charge on any atom is 0.492 e. The summed E-state index contributed by atoms with van der Waals surface area (Å²) in [4.78, 5) is 4.89. The molecule has 0 aliphatic heterocycles. The molecule has 5 rings (SSSR count). The third-order valence-electron chi connectivity index (χ3n) is 5.73. The molecule has 4 aromatic rings. The lowest BCUT2D eigenvalue weighted by atomic mass is 9.77. The Kier molecular flexibility index (Phi) is 4.26. The number of nitrogens with zero attached hydrogens (tertiary/aromatic N) is 2. The van der Waals surface area contributed by atoms with Gasteiger partial charge in [-0.25, -0.2) is 4.98 Å². The number of pyridine rings is 1. The second kappa shape index (κ2) is 6.82. The van der Waals surface area contributed by atoms with Crippen LogP contribution in [0.3, 0.4) is 0 Å². The highest BCUT2D eigenvalue weighted by molar-refractivity contribution is 6.60. The quantitative estimate of drug-likeness (QED) is 0.467. The van der Waals surface area contributed by atoms with Crippen molar-refractivity contribution in [2.75, 3.05) is 7.11 Å². The number of halogens is 1. The Morgan fingerprint density at radius 2 is 1.79 bits per heavy atom. The molecule has 2 heterocycles. The highest BCUT2D eigenvalue weighted by Crippen LogP contribution is 2.40. The topological polar surface area (TPSA) is 91.3 Å². The number of hydrogen-bond donors (Lipinski definition) is 3. The van der Waals surface area contributed by atoms with Gasteiger partial charge in [0.25, 0.3) is 0 Å². The van der Waals surface area contributed by atoms with E-state index in [0.29, 0.717) is 27.7 Å². The molecule has 0 fully saturated rings.